The second kappa shape index (κ2) is 12.3. The number of hydrogen-bond donors (Lipinski definition) is 0. The molecule has 3 heterocycles. The van der Waals surface area contributed by atoms with Gasteiger partial charge in [0.2, 0.25) is 0 Å². The maximum atomic E-state index is 4.46. The van der Waals surface area contributed by atoms with Crippen LogP contribution in [-0.4, -0.2) is 14.1 Å². The highest BCUT2D eigenvalue weighted by Gasteiger charge is 2.46. The highest BCUT2D eigenvalue weighted by molar-refractivity contribution is 6.12. The molecule has 266 valence electrons. The monoisotopic (exact) mass is 725 g/mol. The van der Waals surface area contributed by atoms with E-state index in [0.29, 0.717) is 0 Å². The van der Waals surface area contributed by atoms with Gasteiger partial charge in [0.15, 0.2) is 0 Å². The van der Waals surface area contributed by atoms with E-state index in [1.54, 1.807) is 0 Å². The zero-order valence-corrected chi connectivity index (χ0v) is 31.0. The lowest BCUT2D eigenvalue weighted by molar-refractivity contribution is 0.769. The third-order valence-corrected chi connectivity index (χ3v) is 12.3. The summed E-state index contributed by atoms with van der Waals surface area (Å²) in [7, 11) is 0. The first-order valence-corrected chi connectivity index (χ1v) is 19.6. The number of hydrogen-bond acceptors (Lipinski definition) is 1. The number of para-hydroxylation sites is 2. The molecule has 0 atom stereocenters. The molecule has 0 unspecified atom stereocenters. The maximum Gasteiger partial charge on any atom is 0.0724 e. The van der Waals surface area contributed by atoms with Gasteiger partial charge in [0.1, 0.15) is 0 Å². The molecule has 0 saturated heterocycles. The molecule has 57 heavy (non-hydrogen) atoms. The van der Waals surface area contributed by atoms with Crippen molar-refractivity contribution < 1.29 is 0 Å². The van der Waals surface area contributed by atoms with Gasteiger partial charge in [-0.2, -0.15) is 0 Å². The van der Waals surface area contributed by atoms with Crippen molar-refractivity contribution in [3.8, 4) is 33.6 Å². The summed E-state index contributed by atoms with van der Waals surface area (Å²) < 4.78 is 4.76. The van der Waals surface area contributed by atoms with Crippen LogP contribution in [0.1, 0.15) is 22.3 Å². The summed E-state index contributed by atoms with van der Waals surface area (Å²) in [6.07, 6.45) is 3.84. The molecule has 0 N–H and O–H groups in total. The fourth-order valence-corrected chi connectivity index (χ4v) is 9.88. The lowest BCUT2D eigenvalue weighted by Crippen LogP contribution is -2.28. The van der Waals surface area contributed by atoms with Gasteiger partial charge in [-0.15, -0.1) is 0 Å². The van der Waals surface area contributed by atoms with Crippen molar-refractivity contribution >= 4 is 43.6 Å². The van der Waals surface area contributed by atoms with E-state index in [-0.39, 0.29) is 0 Å². The number of pyridine rings is 1. The molecule has 0 spiro atoms. The normalized spacial score (nSPS) is 13.1. The molecule has 1 aliphatic carbocycles. The highest BCUT2D eigenvalue weighted by Crippen LogP contribution is 2.57. The molecule has 3 aromatic heterocycles. The van der Waals surface area contributed by atoms with Crippen molar-refractivity contribution in [2.45, 2.75) is 5.41 Å². The van der Waals surface area contributed by atoms with Crippen LogP contribution in [0.25, 0.3) is 77.2 Å². The molecule has 0 aliphatic heterocycles. The quantitative estimate of drug-likeness (QED) is 0.173. The Labute approximate surface area is 330 Å². The van der Waals surface area contributed by atoms with E-state index in [1.807, 2.05) is 12.4 Å². The largest absolute Gasteiger partial charge is 0.309 e. The van der Waals surface area contributed by atoms with Gasteiger partial charge in [-0.25, -0.2) is 0 Å². The predicted molar refractivity (Wildman–Crippen MR) is 236 cm³/mol. The number of aromatic nitrogens is 3. The van der Waals surface area contributed by atoms with Crippen molar-refractivity contribution in [1.29, 1.82) is 0 Å². The van der Waals surface area contributed by atoms with E-state index in [9.17, 15) is 0 Å². The molecule has 1 aliphatic rings. The first-order valence-electron chi connectivity index (χ1n) is 19.6. The zero-order valence-electron chi connectivity index (χ0n) is 31.0. The van der Waals surface area contributed by atoms with Gasteiger partial charge in [0.25, 0.3) is 0 Å². The lowest BCUT2D eigenvalue weighted by atomic mass is 9.67. The minimum absolute atomic E-state index is 0.443. The summed E-state index contributed by atoms with van der Waals surface area (Å²) in [5.74, 6) is 0. The average molecular weight is 726 g/mol. The Morgan fingerprint density at radius 1 is 0.351 bits per heavy atom. The van der Waals surface area contributed by atoms with E-state index >= 15 is 0 Å². The average Bonchev–Trinajstić information content (AvgIpc) is 3.90. The molecule has 3 nitrogen and oxygen atoms in total. The molecule has 3 heteroatoms. The number of fused-ring (bicyclic) bond motifs is 9. The van der Waals surface area contributed by atoms with Crippen molar-refractivity contribution in [2.24, 2.45) is 0 Å². The van der Waals surface area contributed by atoms with Crippen LogP contribution in [-0.2, 0) is 5.41 Å². The SMILES string of the molecule is c1ccc(C2(c3ccccc3)c3ccccc3-c3cc4c(cc32)c2ccccc2n4-c2ccc(-c3ccc(-n4c5ccccc5c5ccncc54)cc3)cc2)cc1. The molecule has 0 radical (unpaired) electrons. The first-order chi connectivity index (χ1) is 28.3. The third-order valence-electron chi connectivity index (χ3n) is 12.3. The standard InChI is InChI=1S/C54H35N3/c1-3-13-38(14-4-1)54(39-15-5-2-6-16-39)48-20-10-7-17-42(48)46-34-52-47(33-49(46)54)44-19-9-12-22-51(44)56(52)40-27-23-36(24-28-40)37-25-29-41(30-26-37)57-50-21-11-8-18-43(50)45-31-32-55-35-53(45)57/h1-35H. The van der Waals surface area contributed by atoms with Gasteiger partial charge in [0.05, 0.1) is 33.7 Å². The second-order valence-corrected chi connectivity index (χ2v) is 15.1. The fraction of sp³-hybridized carbons (Fsp3) is 0.0185. The molecule has 0 amide bonds. The van der Waals surface area contributed by atoms with Crippen LogP contribution < -0.4 is 0 Å². The Bertz CT molecular complexity index is 3220. The highest BCUT2D eigenvalue weighted by atomic mass is 15.0. The van der Waals surface area contributed by atoms with Crippen LogP contribution in [0.4, 0.5) is 0 Å². The van der Waals surface area contributed by atoms with Gasteiger partial charge in [-0.05, 0) is 99.1 Å². The molecule has 11 aromatic rings. The van der Waals surface area contributed by atoms with Crippen molar-refractivity contribution in [2.75, 3.05) is 0 Å². The van der Waals surface area contributed by atoms with E-state index in [4.69, 9.17) is 0 Å². The molecule has 8 aromatic carbocycles. The van der Waals surface area contributed by atoms with Crippen LogP contribution in [0, 0.1) is 0 Å². The zero-order chi connectivity index (χ0) is 37.5. The fourth-order valence-electron chi connectivity index (χ4n) is 9.88. The summed E-state index contributed by atoms with van der Waals surface area (Å²) in [4.78, 5) is 4.46. The van der Waals surface area contributed by atoms with E-state index < -0.39 is 5.41 Å². The Hall–Kier alpha value is -7.49. The van der Waals surface area contributed by atoms with E-state index in [0.717, 1.165) is 16.9 Å². The smallest absolute Gasteiger partial charge is 0.0724 e. The van der Waals surface area contributed by atoms with Gasteiger partial charge >= 0.3 is 0 Å². The minimum Gasteiger partial charge on any atom is -0.309 e. The van der Waals surface area contributed by atoms with E-state index in [2.05, 4.69) is 214 Å². The first kappa shape index (κ1) is 31.8. The van der Waals surface area contributed by atoms with Gasteiger partial charge < -0.3 is 9.13 Å². The van der Waals surface area contributed by atoms with E-state index in [1.165, 1.54) is 82.6 Å². The summed E-state index contributed by atoms with van der Waals surface area (Å²) in [5.41, 5.74) is 16.7. The van der Waals surface area contributed by atoms with Crippen LogP contribution in [0.2, 0.25) is 0 Å². The Balaban J connectivity index is 1.00. The van der Waals surface area contributed by atoms with Crippen molar-refractivity contribution in [1.82, 2.24) is 14.1 Å². The lowest BCUT2D eigenvalue weighted by Gasteiger charge is -2.33. The van der Waals surface area contributed by atoms with Crippen molar-refractivity contribution in [3.05, 3.63) is 235 Å². The summed E-state index contributed by atoms with van der Waals surface area (Å²) in [6, 6.07) is 73.6. The molecule has 12 rings (SSSR count). The second-order valence-electron chi connectivity index (χ2n) is 15.1. The van der Waals surface area contributed by atoms with Gasteiger partial charge in [-0.1, -0.05) is 146 Å². The molecule has 0 saturated carbocycles. The predicted octanol–water partition coefficient (Wildman–Crippen LogP) is 13.3. The third kappa shape index (κ3) is 4.51. The van der Waals surface area contributed by atoms with Crippen LogP contribution >= 0.6 is 0 Å². The molecular formula is C54H35N3. The van der Waals surface area contributed by atoms with Crippen LogP contribution in [0.5, 0.6) is 0 Å². The van der Waals surface area contributed by atoms with Crippen LogP contribution in [0.3, 0.4) is 0 Å². The molecular weight excluding hydrogens is 691 g/mol. The summed E-state index contributed by atoms with van der Waals surface area (Å²) in [5, 5.41) is 4.96. The number of nitrogens with zero attached hydrogens (tertiary/aromatic N) is 3. The van der Waals surface area contributed by atoms with Gasteiger partial charge in [0, 0.05) is 39.1 Å². The van der Waals surface area contributed by atoms with Crippen LogP contribution in [0.15, 0.2) is 213 Å². The number of rotatable bonds is 5. The minimum atomic E-state index is -0.443. The maximum absolute atomic E-state index is 4.46. The Morgan fingerprint density at radius 3 is 1.49 bits per heavy atom. The summed E-state index contributed by atoms with van der Waals surface area (Å²) >= 11 is 0. The topological polar surface area (TPSA) is 22.8 Å². The molecule has 0 bridgehead atoms. The Kier molecular flexibility index (Phi) is 6.84. The molecule has 0 fully saturated rings. The van der Waals surface area contributed by atoms with Gasteiger partial charge in [-0.3, -0.25) is 4.98 Å². The summed E-state index contributed by atoms with van der Waals surface area (Å²) in [6.45, 7) is 0. The van der Waals surface area contributed by atoms with Crippen molar-refractivity contribution in [3.63, 3.8) is 0 Å². The number of benzene rings is 8. The Morgan fingerprint density at radius 2 is 0.860 bits per heavy atom.